The van der Waals surface area contributed by atoms with Crippen molar-refractivity contribution in [2.75, 3.05) is 0 Å². The van der Waals surface area contributed by atoms with Gasteiger partial charge in [0.2, 0.25) is 0 Å². The summed E-state index contributed by atoms with van der Waals surface area (Å²) in [6.07, 6.45) is 5.88. The lowest BCUT2D eigenvalue weighted by molar-refractivity contribution is 0.949. The van der Waals surface area contributed by atoms with E-state index >= 15 is 0 Å². The van der Waals surface area contributed by atoms with Crippen molar-refractivity contribution < 1.29 is 0 Å². The van der Waals surface area contributed by atoms with E-state index in [1.807, 2.05) is 6.08 Å². The molecular weight excluding hydrogens is 182 g/mol. The monoisotopic (exact) mass is 197 g/mol. The van der Waals surface area contributed by atoms with Gasteiger partial charge in [-0.2, -0.15) is 0 Å². The van der Waals surface area contributed by atoms with Gasteiger partial charge in [0.25, 0.3) is 0 Å². The highest BCUT2D eigenvalue weighted by Crippen LogP contribution is 2.25. The van der Waals surface area contributed by atoms with Gasteiger partial charge in [-0.3, -0.25) is 0 Å². The number of aryl methyl sites for hydroxylation is 2. The van der Waals surface area contributed by atoms with Crippen molar-refractivity contribution in [1.82, 2.24) is 4.57 Å². The minimum absolute atomic E-state index is 1.25. The van der Waals surface area contributed by atoms with Gasteiger partial charge >= 0.3 is 0 Å². The SMILES string of the molecule is C=CC=Cc1c(C)c2ccccc2n1C. The zero-order chi connectivity index (χ0) is 10.8. The van der Waals surface area contributed by atoms with Gasteiger partial charge in [-0.25, -0.2) is 0 Å². The van der Waals surface area contributed by atoms with Gasteiger partial charge in [0.15, 0.2) is 0 Å². The van der Waals surface area contributed by atoms with Crippen LogP contribution in [0.5, 0.6) is 0 Å². The Hall–Kier alpha value is -1.76. The lowest BCUT2D eigenvalue weighted by atomic mass is 10.1. The maximum atomic E-state index is 3.69. The third-order valence-electron chi connectivity index (χ3n) is 2.81. The molecule has 0 atom stereocenters. The Kier molecular flexibility index (Phi) is 2.46. The predicted octanol–water partition coefficient (Wildman–Crippen LogP) is 3.69. The first-order valence-corrected chi connectivity index (χ1v) is 5.09. The van der Waals surface area contributed by atoms with Gasteiger partial charge in [0.05, 0.1) is 0 Å². The van der Waals surface area contributed by atoms with Gasteiger partial charge in [-0.1, -0.05) is 36.9 Å². The molecule has 0 fully saturated rings. The lowest BCUT2D eigenvalue weighted by Crippen LogP contribution is -1.90. The molecule has 0 aliphatic heterocycles. The Morgan fingerprint density at radius 3 is 2.67 bits per heavy atom. The zero-order valence-corrected chi connectivity index (χ0v) is 9.20. The van der Waals surface area contributed by atoms with Crippen LogP contribution in [-0.2, 0) is 7.05 Å². The molecule has 15 heavy (non-hydrogen) atoms. The first kappa shape index (κ1) is 9.78. The van der Waals surface area contributed by atoms with E-state index in [-0.39, 0.29) is 0 Å². The van der Waals surface area contributed by atoms with Crippen molar-refractivity contribution in [2.24, 2.45) is 7.05 Å². The molecule has 1 aromatic carbocycles. The fourth-order valence-corrected chi connectivity index (χ4v) is 2.00. The van der Waals surface area contributed by atoms with Crippen LogP contribution < -0.4 is 0 Å². The molecule has 1 heteroatoms. The second kappa shape index (κ2) is 3.77. The van der Waals surface area contributed by atoms with Crippen molar-refractivity contribution in [2.45, 2.75) is 6.92 Å². The van der Waals surface area contributed by atoms with Crippen molar-refractivity contribution in [3.63, 3.8) is 0 Å². The normalized spacial score (nSPS) is 11.3. The zero-order valence-electron chi connectivity index (χ0n) is 9.20. The molecule has 1 heterocycles. The van der Waals surface area contributed by atoms with E-state index in [2.05, 4.69) is 55.5 Å². The average molecular weight is 197 g/mol. The molecule has 0 aliphatic carbocycles. The molecule has 0 aliphatic rings. The predicted molar refractivity (Wildman–Crippen MR) is 66.9 cm³/mol. The summed E-state index contributed by atoms with van der Waals surface area (Å²) in [6.45, 7) is 5.85. The Labute approximate surface area is 90.3 Å². The van der Waals surface area contributed by atoms with E-state index in [1.165, 1.54) is 22.2 Å². The Balaban J connectivity index is 2.74. The van der Waals surface area contributed by atoms with Crippen LogP contribution in [0.2, 0.25) is 0 Å². The highest BCUT2D eigenvalue weighted by atomic mass is 14.9. The van der Waals surface area contributed by atoms with E-state index in [4.69, 9.17) is 0 Å². The van der Waals surface area contributed by atoms with E-state index in [1.54, 1.807) is 6.08 Å². The number of para-hydroxylation sites is 1. The van der Waals surface area contributed by atoms with Gasteiger partial charge in [0, 0.05) is 23.6 Å². The van der Waals surface area contributed by atoms with Crippen LogP contribution in [0, 0.1) is 6.92 Å². The van der Waals surface area contributed by atoms with Crippen molar-refractivity contribution in [3.05, 3.63) is 54.3 Å². The fourth-order valence-electron chi connectivity index (χ4n) is 2.00. The molecule has 0 spiro atoms. The van der Waals surface area contributed by atoms with Crippen LogP contribution in [0.15, 0.2) is 43.0 Å². The third kappa shape index (κ3) is 1.50. The summed E-state index contributed by atoms with van der Waals surface area (Å²) >= 11 is 0. The standard InChI is InChI=1S/C14H15N/c1-4-5-9-13-11(2)12-8-6-7-10-14(12)15(13)3/h4-10H,1H2,2-3H3. The molecule has 76 valence electrons. The fraction of sp³-hybridized carbons (Fsp3) is 0.143. The molecule has 0 amide bonds. The summed E-state index contributed by atoms with van der Waals surface area (Å²) in [5.74, 6) is 0. The van der Waals surface area contributed by atoms with E-state index in [0.717, 1.165) is 0 Å². The van der Waals surface area contributed by atoms with Crippen LogP contribution >= 0.6 is 0 Å². The molecule has 0 N–H and O–H groups in total. The quantitative estimate of drug-likeness (QED) is 0.647. The second-order valence-corrected chi connectivity index (χ2v) is 3.68. The molecule has 2 aromatic rings. The molecule has 0 saturated heterocycles. The largest absolute Gasteiger partial charge is 0.344 e. The number of hydrogen-bond acceptors (Lipinski definition) is 0. The summed E-state index contributed by atoms with van der Waals surface area (Å²) in [4.78, 5) is 0. The first-order chi connectivity index (χ1) is 7.25. The lowest BCUT2D eigenvalue weighted by Gasteiger charge is -1.98. The summed E-state index contributed by atoms with van der Waals surface area (Å²) in [5.41, 5.74) is 3.85. The molecule has 0 unspecified atom stereocenters. The Morgan fingerprint density at radius 2 is 2.00 bits per heavy atom. The Morgan fingerprint density at radius 1 is 1.27 bits per heavy atom. The number of fused-ring (bicyclic) bond motifs is 1. The van der Waals surface area contributed by atoms with Gasteiger partial charge in [-0.15, -0.1) is 0 Å². The van der Waals surface area contributed by atoms with E-state index in [0.29, 0.717) is 0 Å². The molecule has 1 aromatic heterocycles. The topological polar surface area (TPSA) is 4.93 Å². The molecule has 2 rings (SSSR count). The summed E-state index contributed by atoms with van der Waals surface area (Å²) in [6, 6.07) is 8.46. The maximum absolute atomic E-state index is 3.69. The van der Waals surface area contributed by atoms with E-state index in [9.17, 15) is 0 Å². The molecule has 1 nitrogen and oxygen atoms in total. The van der Waals surface area contributed by atoms with Crippen LogP contribution in [0.25, 0.3) is 17.0 Å². The van der Waals surface area contributed by atoms with Crippen LogP contribution in [0.1, 0.15) is 11.3 Å². The maximum Gasteiger partial charge on any atom is 0.0485 e. The second-order valence-electron chi connectivity index (χ2n) is 3.68. The van der Waals surface area contributed by atoms with Crippen molar-refractivity contribution in [1.29, 1.82) is 0 Å². The highest BCUT2D eigenvalue weighted by molar-refractivity contribution is 5.87. The highest BCUT2D eigenvalue weighted by Gasteiger charge is 2.07. The molecule has 0 radical (unpaired) electrons. The molecule has 0 bridgehead atoms. The number of benzene rings is 1. The van der Waals surface area contributed by atoms with Gasteiger partial charge in [-0.05, 0) is 24.6 Å². The average Bonchev–Trinajstić information content (AvgIpc) is 2.51. The number of rotatable bonds is 2. The minimum atomic E-state index is 1.25. The number of hydrogen-bond donors (Lipinski definition) is 0. The van der Waals surface area contributed by atoms with Gasteiger partial charge < -0.3 is 4.57 Å². The number of nitrogens with zero attached hydrogens (tertiary/aromatic N) is 1. The third-order valence-corrected chi connectivity index (χ3v) is 2.81. The van der Waals surface area contributed by atoms with Crippen LogP contribution in [-0.4, -0.2) is 4.57 Å². The molecule has 0 saturated carbocycles. The smallest absolute Gasteiger partial charge is 0.0485 e. The first-order valence-electron chi connectivity index (χ1n) is 5.09. The van der Waals surface area contributed by atoms with Crippen LogP contribution in [0.4, 0.5) is 0 Å². The minimum Gasteiger partial charge on any atom is -0.344 e. The Bertz CT molecular complexity index is 491. The summed E-state index contributed by atoms with van der Waals surface area (Å²) < 4.78 is 2.21. The number of aromatic nitrogens is 1. The van der Waals surface area contributed by atoms with E-state index < -0.39 is 0 Å². The summed E-state index contributed by atoms with van der Waals surface area (Å²) in [5, 5.41) is 1.32. The number of allylic oxidation sites excluding steroid dienone is 2. The van der Waals surface area contributed by atoms with Crippen LogP contribution in [0.3, 0.4) is 0 Å². The van der Waals surface area contributed by atoms with Gasteiger partial charge in [0.1, 0.15) is 0 Å². The summed E-state index contributed by atoms with van der Waals surface area (Å²) in [7, 11) is 2.10. The van der Waals surface area contributed by atoms with Crippen molar-refractivity contribution >= 4 is 17.0 Å². The molecular formula is C14H15N. The van der Waals surface area contributed by atoms with Crippen molar-refractivity contribution in [3.8, 4) is 0 Å².